The summed E-state index contributed by atoms with van der Waals surface area (Å²) in [6.07, 6.45) is -7.28. The molecule has 3 aromatic carbocycles. The lowest BCUT2D eigenvalue weighted by molar-refractivity contribution is -0.249. The lowest BCUT2D eigenvalue weighted by Gasteiger charge is -2.41. The molecule has 2 amide bonds. The minimum Gasteiger partial charge on any atom is -0.394 e. The van der Waals surface area contributed by atoms with Gasteiger partial charge in [0.25, 0.3) is 11.8 Å². The van der Waals surface area contributed by atoms with Gasteiger partial charge in [0.1, 0.15) is 30.2 Å². The fourth-order valence-electron chi connectivity index (χ4n) is 5.86. The molecule has 10 nitrogen and oxygen atoms in total. The summed E-state index contributed by atoms with van der Waals surface area (Å²) in [4.78, 5) is 29.4. The highest BCUT2D eigenvalue weighted by atomic mass is 19.1. The maximum atomic E-state index is 14.3. The van der Waals surface area contributed by atoms with Crippen LogP contribution in [0.3, 0.4) is 0 Å². The van der Waals surface area contributed by atoms with E-state index in [1.807, 2.05) is 0 Å². The molecule has 2 aromatic heterocycles. The van der Waals surface area contributed by atoms with Crippen molar-refractivity contribution >= 4 is 55.4 Å². The number of para-hydroxylation sites is 1. The number of carbonyl (C=O) groups excluding carboxylic acids is 2. The highest BCUT2D eigenvalue weighted by Gasteiger charge is 2.46. The molecule has 0 radical (unpaired) electrons. The van der Waals surface area contributed by atoms with Gasteiger partial charge in [0.2, 0.25) is 0 Å². The molecule has 7 rings (SSSR count). The zero-order chi connectivity index (χ0) is 25.7. The van der Waals surface area contributed by atoms with E-state index in [1.54, 1.807) is 28.8 Å². The number of nitrogens with one attached hydrogen (secondary N) is 2. The number of halogens is 1. The normalized spacial score (nSPS) is 26.0. The predicted molar refractivity (Wildman–Crippen MR) is 130 cm³/mol. The quantitative estimate of drug-likeness (QED) is 0.198. The minimum absolute atomic E-state index is 0.109. The molecular weight excluding hydrogens is 485 g/mol. The van der Waals surface area contributed by atoms with Gasteiger partial charge in [0.05, 0.1) is 34.3 Å². The Morgan fingerprint density at radius 2 is 1.65 bits per heavy atom. The first-order valence-electron chi connectivity index (χ1n) is 11.7. The van der Waals surface area contributed by atoms with Crippen molar-refractivity contribution in [3.8, 4) is 0 Å². The summed E-state index contributed by atoms with van der Waals surface area (Å²) in [6.45, 7) is -0.619. The van der Waals surface area contributed by atoms with Crippen molar-refractivity contribution in [2.45, 2.75) is 30.6 Å². The Kier molecular flexibility index (Phi) is 4.57. The fourth-order valence-corrected chi connectivity index (χ4v) is 5.86. The molecule has 11 heteroatoms. The number of nitrogens with zero attached hydrogens (tertiary/aromatic N) is 1. The molecular formula is C26H20FN3O7. The smallest absolute Gasteiger partial charge is 0.259 e. The Hall–Kier alpha value is -3.87. The van der Waals surface area contributed by atoms with Crippen LogP contribution in [-0.4, -0.2) is 72.8 Å². The van der Waals surface area contributed by atoms with Crippen LogP contribution in [0, 0.1) is 5.82 Å². The van der Waals surface area contributed by atoms with E-state index in [0.717, 1.165) is 0 Å². The maximum absolute atomic E-state index is 14.3. The van der Waals surface area contributed by atoms with Crippen LogP contribution in [0.2, 0.25) is 0 Å². The van der Waals surface area contributed by atoms with Gasteiger partial charge < -0.3 is 34.7 Å². The van der Waals surface area contributed by atoms with E-state index >= 15 is 0 Å². The second-order valence-corrected chi connectivity index (χ2v) is 9.43. The van der Waals surface area contributed by atoms with Crippen LogP contribution in [-0.2, 0) is 4.74 Å². The third-order valence-corrected chi connectivity index (χ3v) is 7.46. The van der Waals surface area contributed by atoms with Crippen LogP contribution in [0.5, 0.6) is 0 Å². The van der Waals surface area contributed by atoms with Crippen LogP contribution < -0.4 is 5.32 Å². The standard InChI is InChI=1S/C26H20FN3O7/c27-9-5-6-12-11(7-9)15-17-18(25(36)29-24(17)35)16-10-3-1-2-4-13(10)30(20(16)19(15)28-12)26-23(34)22(33)21(32)14(8-31)37-26/h1-7,14,21-23,26,28,31-34H,8H2,(H,29,35,36)/t14-,21-,22+,23-,26-/m1/s1. The molecule has 2 aliphatic heterocycles. The number of rotatable bonds is 2. The lowest BCUT2D eigenvalue weighted by atomic mass is 9.96. The van der Waals surface area contributed by atoms with Crippen molar-refractivity contribution in [2.75, 3.05) is 6.61 Å². The van der Waals surface area contributed by atoms with Gasteiger partial charge in [0.15, 0.2) is 6.23 Å². The van der Waals surface area contributed by atoms with Crippen LogP contribution in [0.1, 0.15) is 26.9 Å². The third-order valence-electron chi connectivity index (χ3n) is 7.46. The Morgan fingerprint density at radius 3 is 2.41 bits per heavy atom. The predicted octanol–water partition coefficient (Wildman–Crippen LogP) is 1.42. The SMILES string of the molecule is O=C1NC(=O)c2c1c1c3cc(F)ccc3[nH]c1c1c2c2ccccc2n1[C@@H]1O[C@H](CO)[C@@H](O)[C@H](O)[C@H]1O. The molecule has 5 atom stereocenters. The summed E-state index contributed by atoms with van der Waals surface area (Å²) >= 11 is 0. The number of fused-ring (bicyclic) bond motifs is 10. The number of aliphatic hydroxyl groups is 4. The van der Waals surface area contributed by atoms with Crippen LogP contribution in [0.25, 0.3) is 43.6 Å². The summed E-state index contributed by atoms with van der Waals surface area (Å²) in [7, 11) is 0. The van der Waals surface area contributed by atoms with Gasteiger partial charge in [-0.05, 0) is 24.3 Å². The second-order valence-electron chi connectivity index (χ2n) is 9.43. The molecule has 1 saturated heterocycles. The number of hydrogen-bond donors (Lipinski definition) is 6. The highest BCUT2D eigenvalue weighted by Crippen LogP contribution is 2.46. The maximum Gasteiger partial charge on any atom is 0.259 e. The number of ether oxygens (including phenoxy) is 1. The summed E-state index contributed by atoms with van der Waals surface area (Å²) in [5, 5.41) is 45.7. The number of benzene rings is 3. The topological polar surface area (TPSA) is 157 Å². The van der Waals surface area contributed by atoms with Crippen LogP contribution >= 0.6 is 0 Å². The van der Waals surface area contributed by atoms with Crippen molar-refractivity contribution in [1.82, 2.24) is 14.9 Å². The average Bonchev–Trinajstić information content (AvgIpc) is 3.52. The van der Waals surface area contributed by atoms with Gasteiger partial charge in [-0.3, -0.25) is 14.9 Å². The Bertz CT molecular complexity index is 1810. The lowest BCUT2D eigenvalue weighted by Crippen LogP contribution is -2.56. The Morgan fingerprint density at radius 1 is 0.919 bits per heavy atom. The number of aromatic nitrogens is 2. The van der Waals surface area contributed by atoms with Gasteiger partial charge in [-0.15, -0.1) is 0 Å². The van der Waals surface area contributed by atoms with Crippen molar-refractivity contribution in [2.24, 2.45) is 0 Å². The first-order chi connectivity index (χ1) is 17.8. The van der Waals surface area contributed by atoms with E-state index in [0.29, 0.717) is 43.6 Å². The molecule has 4 heterocycles. The number of hydrogen-bond acceptors (Lipinski definition) is 7. The minimum atomic E-state index is -1.64. The van der Waals surface area contributed by atoms with Crippen molar-refractivity contribution < 1.29 is 39.1 Å². The first-order valence-corrected chi connectivity index (χ1v) is 11.7. The van der Waals surface area contributed by atoms with Crippen molar-refractivity contribution in [3.05, 3.63) is 59.4 Å². The average molecular weight is 505 g/mol. The summed E-state index contributed by atoms with van der Waals surface area (Å²) in [6, 6.07) is 11.0. The fraction of sp³-hybridized carbons (Fsp3) is 0.231. The number of carbonyl (C=O) groups is 2. The summed E-state index contributed by atoms with van der Waals surface area (Å²) in [5.41, 5.74) is 2.02. The Labute approximate surface area is 206 Å². The van der Waals surface area contributed by atoms with Gasteiger partial charge >= 0.3 is 0 Å². The molecule has 0 aliphatic carbocycles. The first kappa shape index (κ1) is 22.3. The summed E-state index contributed by atoms with van der Waals surface area (Å²) < 4.78 is 21.8. The molecule has 0 spiro atoms. The zero-order valence-electron chi connectivity index (χ0n) is 19.0. The summed E-state index contributed by atoms with van der Waals surface area (Å²) in [5.74, 6) is -1.75. The van der Waals surface area contributed by atoms with Gasteiger partial charge in [-0.25, -0.2) is 4.39 Å². The highest BCUT2D eigenvalue weighted by molar-refractivity contribution is 6.39. The van der Waals surface area contributed by atoms with Crippen LogP contribution in [0.4, 0.5) is 4.39 Å². The number of imide groups is 1. The number of H-pyrrole nitrogens is 1. The largest absolute Gasteiger partial charge is 0.394 e. The number of amides is 2. The molecule has 188 valence electrons. The monoisotopic (exact) mass is 505 g/mol. The molecule has 1 fully saturated rings. The molecule has 0 saturated carbocycles. The second kappa shape index (κ2) is 7.57. The van der Waals surface area contributed by atoms with Crippen molar-refractivity contribution in [1.29, 1.82) is 0 Å². The Balaban J connectivity index is 1.71. The molecule has 5 aromatic rings. The van der Waals surface area contributed by atoms with Gasteiger partial charge in [-0.2, -0.15) is 0 Å². The molecule has 6 N–H and O–H groups in total. The number of aliphatic hydroxyl groups excluding tert-OH is 4. The van der Waals surface area contributed by atoms with E-state index in [1.165, 1.54) is 18.2 Å². The zero-order valence-corrected chi connectivity index (χ0v) is 19.0. The van der Waals surface area contributed by atoms with E-state index in [4.69, 9.17) is 4.74 Å². The third kappa shape index (κ3) is 2.80. The van der Waals surface area contributed by atoms with E-state index in [9.17, 15) is 34.4 Å². The van der Waals surface area contributed by atoms with Crippen LogP contribution in [0.15, 0.2) is 42.5 Å². The van der Waals surface area contributed by atoms with E-state index < -0.39 is 54.9 Å². The molecule has 37 heavy (non-hydrogen) atoms. The van der Waals surface area contributed by atoms with Crippen molar-refractivity contribution in [3.63, 3.8) is 0 Å². The molecule has 2 aliphatic rings. The van der Waals surface area contributed by atoms with Gasteiger partial charge in [0, 0.05) is 27.1 Å². The number of aromatic amines is 1. The van der Waals surface area contributed by atoms with E-state index in [-0.39, 0.29) is 11.1 Å². The van der Waals surface area contributed by atoms with E-state index in [2.05, 4.69) is 10.3 Å². The van der Waals surface area contributed by atoms with Gasteiger partial charge in [-0.1, -0.05) is 18.2 Å². The molecule has 0 unspecified atom stereocenters. The molecule has 0 bridgehead atoms.